The first-order valence-corrected chi connectivity index (χ1v) is 6.55. The van der Waals surface area contributed by atoms with Gasteiger partial charge in [-0.2, -0.15) is 0 Å². The average molecular weight is 266 g/mol. The summed E-state index contributed by atoms with van der Waals surface area (Å²) in [4.78, 5) is 14.0. The van der Waals surface area contributed by atoms with Crippen molar-refractivity contribution in [3.8, 4) is 0 Å². The number of carbonyl (C=O) groups excluding carboxylic acids is 1. The number of aliphatic hydroxyl groups is 1. The molecular formula is C14H19FN2O2. The van der Waals surface area contributed by atoms with Gasteiger partial charge in [-0.25, -0.2) is 4.39 Å². The molecule has 1 amide bonds. The van der Waals surface area contributed by atoms with Gasteiger partial charge in [-0.3, -0.25) is 9.69 Å². The van der Waals surface area contributed by atoms with E-state index in [0.29, 0.717) is 6.54 Å². The number of halogens is 1. The molecule has 0 aromatic heterocycles. The van der Waals surface area contributed by atoms with Crippen LogP contribution in [-0.2, 0) is 4.79 Å². The fourth-order valence-electron chi connectivity index (χ4n) is 2.30. The smallest absolute Gasteiger partial charge is 0.241 e. The Hall–Kier alpha value is -1.46. The second kappa shape index (κ2) is 6.12. The van der Waals surface area contributed by atoms with Crippen LogP contribution < -0.4 is 5.32 Å². The molecule has 1 aromatic rings. The van der Waals surface area contributed by atoms with Gasteiger partial charge in [0, 0.05) is 6.54 Å². The molecule has 19 heavy (non-hydrogen) atoms. The molecule has 2 atom stereocenters. The Morgan fingerprint density at radius 1 is 1.53 bits per heavy atom. The van der Waals surface area contributed by atoms with Crippen LogP contribution in [0.4, 0.5) is 10.1 Å². The number of piperidine rings is 1. The first kappa shape index (κ1) is 14.0. The van der Waals surface area contributed by atoms with Crippen molar-refractivity contribution in [1.82, 2.24) is 4.90 Å². The summed E-state index contributed by atoms with van der Waals surface area (Å²) in [7, 11) is 0. The molecule has 104 valence electrons. The summed E-state index contributed by atoms with van der Waals surface area (Å²) in [6, 6.07) is 5.72. The minimum absolute atomic E-state index is 0.192. The van der Waals surface area contributed by atoms with Gasteiger partial charge in [0.2, 0.25) is 5.91 Å². The topological polar surface area (TPSA) is 52.6 Å². The molecule has 2 unspecified atom stereocenters. The molecule has 1 aliphatic heterocycles. The second-order valence-corrected chi connectivity index (χ2v) is 4.94. The first-order chi connectivity index (χ1) is 9.08. The number of para-hydroxylation sites is 1. The summed E-state index contributed by atoms with van der Waals surface area (Å²) >= 11 is 0. The molecule has 1 saturated heterocycles. The van der Waals surface area contributed by atoms with Crippen molar-refractivity contribution in [2.24, 2.45) is 0 Å². The van der Waals surface area contributed by atoms with E-state index in [4.69, 9.17) is 0 Å². The van der Waals surface area contributed by atoms with E-state index in [9.17, 15) is 14.3 Å². The highest BCUT2D eigenvalue weighted by Crippen LogP contribution is 2.16. The van der Waals surface area contributed by atoms with Gasteiger partial charge < -0.3 is 10.4 Å². The Kier molecular flexibility index (Phi) is 4.50. The van der Waals surface area contributed by atoms with Crippen LogP contribution in [0.2, 0.25) is 0 Å². The van der Waals surface area contributed by atoms with Gasteiger partial charge in [0.1, 0.15) is 5.82 Å². The van der Waals surface area contributed by atoms with Crippen LogP contribution >= 0.6 is 0 Å². The normalized spacial score (nSPS) is 21.9. The molecular weight excluding hydrogens is 247 g/mol. The lowest BCUT2D eigenvalue weighted by Gasteiger charge is -2.33. The molecule has 2 rings (SSSR count). The van der Waals surface area contributed by atoms with Gasteiger partial charge in [-0.05, 0) is 38.4 Å². The highest BCUT2D eigenvalue weighted by Gasteiger charge is 2.26. The Morgan fingerprint density at radius 2 is 2.26 bits per heavy atom. The van der Waals surface area contributed by atoms with Crippen molar-refractivity contribution in [2.45, 2.75) is 31.9 Å². The van der Waals surface area contributed by atoms with Crippen LogP contribution in [0.25, 0.3) is 0 Å². The fourth-order valence-corrected chi connectivity index (χ4v) is 2.30. The van der Waals surface area contributed by atoms with Crippen LogP contribution in [0, 0.1) is 5.82 Å². The van der Waals surface area contributed by atoms with Gasteiger partial charge in [-0.15, -0.1) is 0 Å². The predicted octanol–water partition coefficient (Wildman–Crippen LogP) is 1.61. The van der Waals surface area contributed by atoms with Crippen LogP contribution in [0.15, 0.2) is 24.3 Å². The molecule has 0 spiro atoms. The molecule has 2 N–H and O–H groups in total. The van der Waals surface area contributed by atoms with Gasteiger partial charge in [0.25, 0.3) is 0 Å². The number of hydrogen-bond acceptors (Lipinski definition) is 3. The van der Waals surface area contributed by atoms with Crippen molar-refractivity contribution in [3.63, 3.8) is 0 Å². The summed E-state index contributed by atoms with van der Waals surface area (Å²) in [6.45, 7) is 3.04. The Bertz CT molecular complexity index is 453. The zero-order chi connectivity index (χ0) is 13.8. The molecule has 4 nitrogen and oxygen atoms in total. The molecule has 1 aliphatic rings. The maximum Gasteiger partial charge on any atom is 0.241 e. The van der Waals surface area contributed by atoms with E-state index >= 15 is 0 Å². The summed E-state index contributed by atoms with van der Waals surface area (Å²) in [5.41, 5.74) is 0.192. The first-order valence-electron chi connectivity index (χ1n) is 6.55. The average Bonchev–Trinajstić information content (AvgIpc) is 2.40. The van der Waals surface area contributed by atoms with Crippen LogP contribution in [0.1, 0.15) is 19.8 Å². The van der Waals surface area contributed by atoms with Crippen LogP contribution in [-0.4, -0.2) is 41.1 Å². The van der Waals surface area contributed by atoms with E-state index in [1.54, 1.807) is 19.1 Å². The molecule has 0 radical (unpaired) electrons. The third-order valence-corrected chi connectivity index (χ3v) is 3.49. The molecule has 0 saturated carbocycles. The molecule has 5 heteroatoms. The van der Waals surface area contributed by atoms with Crippen LogP contribution in [0.5, 0.6) is 0 Å². The maximum absolute atomic E-state index is 13.4. The molecule has 1 heterocycles. The number of aliphatic hydroxyl groups excluding tert-OH is 1. The second-order valence-electron chi connectivity index (χ2n) is 4.94. The van der Waals surface area contributed by atoms with Crippen molar-refractivity contribution in [3.05, 3.63) is 30.1 Å². The monoisotopic (exact) mass is 266 g/mol. The standard InChI is InChI=1S/C14H19FN2O2/c1-10(17-8-4-5-11(18)9-17)14(19)16-13-7-3-2-6-12(13)15/h2-3,6-7,10-11,18H,4-5,8-9H2,1H3,(H,16,19). The highest BCUT2D eigenvalue weighted by molar-refractivity contribution is 5.94. The van der Waals surface area contributed by atoms with Crippen molar-refractivity contribution in [2.75, 3.05) is 18.4 Å². The van der Waals surface area contributed by atoms with Crippen molar-refractivity contribution >= 4 is 11.6 Å². The summed E-state index contributed by atoms with van der Waals surface area (Å²) in [5, 5.41) is 12.2. The Balaban J connectivity index is 1.97. The van der Waals surface area contributed by atoms with E-state index in [1.165, 1.54) is 12.1 Å². The summed E-state index contributed by atoms with van der Waals surface area (Å²) in [5.74, 6) is -0.694. The van der Waals surface area contributed by atoms with Gasteiger partial charge >= 0.3 is 0 Å². The quantitative estimate of drug-likeness (QED) is 0.874. The number of anilines is 1. The maximum atomic E-state index is 13.4. The number of nitrogens with one attached hydrogen (secondary N) is 1. The molecule has 1 fully saturated rings. The lowest BCUT2D eigenvalue weighted by atomic mass is 10.1. The minimum Gasteiger partial charge on any atom is -0.392 e. The number of benzene rings is 1. The molecule has 0 aliphatic carbocycles. The third-order valence-electron chi connectivity index (χ3n) is 3.49. The van der Waals surface area contributed by atoms with Crippen LogP contribution in [0.3, 0.4) is 0 Å². The zero-order valence-electron chi connectivity index (χ0n) is 11.0. The van der Waals surface area contributed by atoms with Crippen molar-refractivity contribution < 1.29 is 14.3 Å². The number of likely N-dealkylation sites (tertiary alicyclic amines) is 1. The Morgan fingerprint density at radius 3 is 2.95 bits per heavy atom. The fraction of sp³-hybridized carbons (Fsp3) is 0.500. The number of β-amino-alcohol motifs (C(OH)–C–C–N with tert-alkyl or cyclic N) is 1. The highest BCUT2D eigenvalue weighted by atomic mass is 19.1. The zero-order valence-corrected chi connectivity index (χ0v) is 11.0. The van der Waals surface area contributed by atoms with E-state index in [-0.39, 0.29) is 23.7 Å². The van der Waals surface area contributed by atoms with E-state index in [1.807, 2.05) is 4.90 Å². The lowest BCUT2D eigenvalue weighted by molar-refractivity contribution is -0.121. The molecule has 1 aromatic carbocycles. The third kappa shape index (κ3) is 3.52. The molecule has 0 bridgehead atoms. The van der Waals surface area contributed by atoms with E-state index < -0.39 is 5.82 Å². The SMILES string of the molecule is CC(C(=O)Nc1ccccc1F)N1CCCC(O)C1. The predicted molar refractivity (Wildman–Crippen MR) is 71.3 cm³/mol. The summed E-state index contributed by atoms with van der Waals surface area (Å²) < 4.78 is 13.4. The summed E-state index contributed by atoms with van der Waals surface area (Å²) in [6.07, 6.45) is 1.27. The number of carbonyl (C=O) groups is 1. The number of amides is 1. The Labute approximate surface area is 112 Å². The number of nitrogens with zero attached hydrogens (tertiary/aromatic N) is 1. The van der Waals surface area contributed by atoms with E-state index in [2.05, 4.69) is 5.32 Å². The largest absolute Gasteiger partial charge is 0.392 e. The minimum atomic E-state index is -0.443. The van der Waals surface area contributed by atoms with Gasteiger partial charge in [-0.1, -0.05) is 12.1 Å². The van der Waals surface area contributed by atoms with Gasteiger partial charge in [0.05, 0.1) is 17.8 Å². The lowest BCUT2D eigenvalue weighted by Crippen LogP contribution is -2.48. The van der Waals surface area contributed by atoms with E-state index in [0.717, 1.165) is 19.4 Å². The van der Waals surface area contributed by atoms with Crippen molar-refractivity contribution in [1.29, 1.82) is 0 Å². The number of rotatable bonds is 3. The number of hydrogen-bond donors (Lipinski definition) is 2. The van der Waals surface area contributed by atoms with Gasteiger partial charge in [0.15, 0.2) is 0 Å².